The number of likely N-dealkylation sites (tertiary alicyclic amines) is 1. The normalized spacial score (nSPS) is 20.2. The van der Waals surface area contributed by atoms with Crippen LogP contribution in [0.3, 0.4) is 0 Å². The van der Waals surface area contributed by atoms with Gasteiger partial charge < -0.3 is 15.5 Å². The fourth-order valence-electron chi connectivity index (χ4n) is 3.06. The van der Waals surface area contributed by atoms with Gasteiger partial charge in [-0.2, -0.15) is 0 Å². The van der Waals surface area contributed by atoms with E-state index in [1.165, 1.54) is 12.1 Å². The molecule has 1 heterocycles. The van der Waals surface area contributed by atoms with Crippen LogP contribution in [0.1, 0.15) is 39.2 Å². The molecule has 0 bridgehead atoms. The average molecular weight is 366 g/mol. The van der Waals surface area contributed by atoms with Crippen molar-refractivity contribution >= 4 is 23.2 Å². The predicted octanol–water partition coefficient (Wildman–Crippen LogP) is 2.90. The highest BCUT2D eigenvalue weighted by atomic mass is 32.1. The van der Waals surface area contributed by atoms with Gasteiger partial charge in [0.1, 0.15) is 5.82 Å². The standard InChI is InChI=1S/C19H28FN3OS/c1-12(2)9-21-18(24)17-11-23(19(25)22-13(3)4)10-16(17)14-5-7-15(20)8-6-14/h5-8,12-13,16-17H,9-11H2,1-4H3,(H,21,24)(H,22,25)/t16-,17-/m0/s1. The van der Waals surface area contributed by atoms with E-state index in [1.54, 1.807) is 12.1 Å². The molecule has 4 nitrogen and oxygen atoms in total. The Kier molecular flexibility index (Phi) is 6.76. The molecule has 2 atom stereocenters. The molecule has 0 radical (unpaired) electrons. The van der Waals surface area contributed by atoms with E-state index in [0.717, 1.165) is 5.56 Å². The number of hydrogen-bond acceptors (Lipinski definition) is 2. The Morgan fingerprint density at radius 3 is 2.44 bits per heavy atom. The molecule has 1 fully saturated rings. The van der Waals surface area contributed by atoms with Crippen molar-refractivity contribution in [1.82, 2.24) is 15.5 Å². The highest BCUT2D eigenvalue weighted by molar-refractivity contribution is 7.80. The minimum Gasteiger partial charge on any atom is -0.360 e. The summed E-state index contributed by atoms with van der Waals surface area (Å²) >= 11 is 5.48. The number of nitrogens with one attached hydrogen (secondary N) is 2. The van der Waals surface area contributed by atoms with Crippen LogP contribution in [-0.2, 0) is 4.79 Å². The molecule has 1 amide bonds. The van der Waals surface area contributed by atoms with Gasteiger partial charge in [0, 0.05) is 31.6 Å². The van der Waals surface area contributed by atoms with E-state index in [9.17, 15) is 9.18 Å². The SMILES string of the molecule is CC(C)CNC(=O)[C@H]1CN(C(=S)NC(C)C)C[C@H]1c1ccc(F)cc1. The van der Waals surface area contributed by atoms with Gasteiger partial charge in [-0.1, -0.05) is 26.0 Å². The Morgan fingerprint density at radius 1 is 1.24 bits per heavy atom. The summed E-state index contributed by atoms with van der Waals surface area (Å²) in [7, 11) is 0. The molecule has 0 aromatic heterocycles. The summed E-state index contributed by atoms with van der Waals surface area (Å²) in [4.78, 5) is 14.8. The van der Waals surface area contributed by atoms with Gasteiger partial charge in [0.15, 0.2) is 5.11 Å². The van der Waals surface area contributed by atoms with E-state index in [0.29, 0.717) is 30.7 Å². The fraction of sp³-hybridized carbons (Fsp3) is 0.579. The second-order valence-electron chi connectivity index (χ2n) is 7.41. The van der Waals surface area contributed by atoms with Crippen LogP contribution in [-0.4, -0.2) is 41.6 Å². The molecule has 0 aliphatic carbocycles. The summed E-state index contributed by atoms with van der Waals surface area (Å²) in [5.74, 6) is -0.0283. The van der Waals surface area contributed by atoms with E-state index >= 15 is 0 Å². The Hall–Kier alpha value is -1.69. The van der Waals surface area contributed by atoms with Crippen molar-refractivity contribution in [2.45, 2.75) is 39.7 Å². The van der Waals surface area contributed by atoms with Gasteiger partial charge in [-0.3, -0.25) is 4.79 Å². The molecule has 1 aliphatic heterocycles. The Labute approximate surface area is 155 Å². The van der Waals surface area contributed by atoms with Crippen LogP contribution in [0.4, 0.5) is 4.39 Å². The van der Waals surface area contributed by atoms with Crippen LogP contribution >= 0.6 is 12.2 Å². The fourth-order valence-corrected chi connectivity index (χ4v) is 3.44. The summed E-state index contributed by atoms with van der Waals surface area (Å²) in [6, 6.07) is 6.68. The second-order valence-corrected chi connectivity index (χ2v) is 7.80. The van der Waals surface area contributed by atoms with Gasteiger partial charge >= 0.3 is 0 Å². The molecule has 2 rings (SSSR count). The third kappa shape index (κ3) is 5.39. The maximum atomic E-state index is 13.3. The van der Waals surface area contributed by atoms with Crippen LogP contribution in [0.15, 0.2) is 24.3 Å². The van der Waals surface area contributed by atoms with Crippen molar-refractivity contribution in [3.8, 4) is 0 Å². The number of rotatable bonds is 5. The van der Waals surface area contributed by atoms with E-state index in [-0.39, 0.29) is 29.6 Å². The zero-order chi connectivity index (χ0) is 18.6. The minimum absolute atomic E-state index is 0.000301. The van der Waals surface area contributed by atoms with E-state index in [4.69, 9.17) is 12.2 Å². The summed E-state index contributed by atoms with van der Waals surface area (Å²) in [5, 5.41) is 6.94. The molecule has 138 valence electrons. The highest BCUT2D eigenvalue weighted by Gasteiger charge is 2.39. The first-order chi connectivity index (χ1) is 11.8. The van der Waals surface area contributed by atoms with E-state index in [1.807, 2.05) is 18.7 Å². The van der Waals surface area contributed by atoms with Crippen molar-refractivity contribution < 1.29 is 9.18 Å². The number of thiocarbonyl (C=S) groups is 1. The molecule has 1 aromatic carbocycles. The lowest BCUT2D eigenvalue weighted by Gasteiger charge is -2.22. The average Bonchev–Trinajstić information content (AvgIpc) is 2.98. The van der Waals surface area contributed by atoms with Crippen molar-refractivity contribution in [2.75, 3.05) is 19.6 Å². The van der Waals surface area contributed by atoms with Gasteiger partial charge in [0.2, 0.25) is 5.91 Å². The third-order valence-corrected chi connectivity index (χ3v) is 4.71. The van der Waals surface area contributed by atoms with Crippen LogP contribution in [0.25, 0.3) is 0 Å². The Morgan fingerprint density at radius 2 is 1.88 bits per heavy atom. The van der Waals surface area contributed by atoms with Gasteiger partial charge in [0.25, 0.3) is 0 Å². The topological polar surface area (TPSA) is 44.4 Å². The monoisotopic (exact) mass is 365 g/mol. The number of nitrogens with zero attached hydrogens (tertiary/aromatic N) is 1. The molecular weight excluding hydrogens is 337 g/mol. The maximum absolute atomic E-state index is 13.3. The molecule has 1 aliphatic rings. The second kappa shape index (κ2) is 8.61. The van der Waals surface area contributed by atoms with Crippen molar-refractivity contribution in [3.63, 3.8) is 0 Å². The van der Waals surface area contributed by atoms with Crippen LogP contribution < -0.4 is 10.6 Å². The molecule has 1 aromatic rings. The summed E-state index contributed by atoms with van der Waals surface area (Å²) in [6.45, 7) is 10.1. The lowest BCUT2D eigenvalue weighted by molar-refractivity contribution is -0.125. The predicted molar refractivity (Wildman–Crippen MR) is 103 cm³/mol. The lowest BCUT2D eigenvalue weighted by atomic mass is 9.88. The molecular formula is C19H28FN3OS. The van der Waals surface area contributed by atoms with Gasteiger partial charge in [-0.05, 0) is 49.7 Å². The molecule has 0 saturated carbocycles. The van der Waals surface area contributed by atoms with Gasteiger partial charge in [-0.25, -0.2) is 4.39 Å². The lowest BCUT2D eigenvalue weighted by Crippen LogP contribution is -2.42. The summed E-state index contributed by atoms with van der Waals surface area (Å²) < 4.78 is 13.3. The smallest absolute Gasteiger partial charge is 0.225 e. The maximum Gasteiger partial charge on any atom is 0.225 e. The zero-order valence-corrected chi connectivity index (χ0v) is 16.2. The van der Waals surface area contributed by atoms with E-state index in [2.05, 4.69) is 24.5 Å². The largest absolute Gasteiger partial charge is 0.360 e. The zero-order valence-electron chi connectivity index (χ0n) is 15.4. The summed E-state index contributed by atoms with van der Waals surface area (Å²) in [6.07, 6.45) is 0. The molecule has 6 heteroatoms. The number of amides is 1. The first kappa shape index (κ1) is 19.6. The summed E-state index contributed by atoms with van der Waals surface area (Å²) in [5.41, 5.74) is 0.973. The first-order valence-corrected chi connectivity index (χ1v) is 9.27. The van der Waals surface area contributed by atoms with Crippen LogP contribution in [0.2, 0.25) is 0 Å². The molecule has 0 unspecified atom stereocenters. The van der Waals surface area contributed by atoms with E-state index < -0.39 is 0 Å². The Bertz CT molecular complexity index is 603. The van der Waals surface area contributed by atoms with Gasteiger partial charge in [-0.15, -0.1) is 0 Å². The van der Waals surface area contributed by atoms with Gasteiger partial charge in [0.05, 0.1) is 5.92 Å². The number of hydrogen-bond donors (Lipinski definition) is 2. The third-order valence-electron chi connectivity index (χ3n) is 4.34. The molecule has 25 heavy (non-hydrogen) atoms. The number of benzene rings is 1. The highest BCUT2D eigenvalue weighted by Crippen LogP contribution is 2.33. The van der Waals surface area contributed by atoms with Crippen molar-refractivity contribution in [1.29, 1.82) is 0 Å². The van der Waals surface area contributed by atoms with Crippen molar-refractivity contribution in [2.24, 2.45) is 11.8 Å². The van der Waals surface area contributed by atoms with Crippen LogP contribution in [0.5, 0.6) is 0 Å². The molecule has 2 N–H and O–H groups in total. The number of carbonyl (C=O) groups is 1. The quantitative estimate of drug-likeness (QED) is 0.788. The minimum atomic E-state index is -0.267. The number of carbonyl (C=O) groups excluding carboxylic acids is 1. The van der Waals surface area contributed by atoms with Crippen molar-refractivity contribution in [3.05, 3.63) is 35.6 Å². The molecule has 0 spiro atoms. The number of halogens is 1. The molecule has 1 saturated heterocycles. The van der Waals surface area contributed by atoms with Crippen LogP contribution in [0, 0.1) is 17.7 Å². The first-order valence-electron chi connectivity index (χ1n) is 8.86. The Balaban J connectivity index is 2.17.